The minimum Gasteiger partial charge on any atom is -0.465 e. The van der Waals surface area contributed by atoms with Crippen LogP contribution in [0, 0.1) is 13.8 Å². The van der Waals surface area contributed by atoms with Gasteiger partial charge in [0, 0.05) is 6.20 Å². The van der Waals surface area contributed by atoms with Gasteiger partial charge < -0.3 is 4.74 Å². The third-order valence-electron chi connectivity index (χ3n) is 2.61. The maximum absolute atomic E-state index is 11.5. The summed E-state index contributed by atoms with van der Waals surface area (Å²) in [7, 11) is 1.37. The van der Waals surface area contributed by atoms with E-state index in [1.165, 1.54) is 13.3 Å². The standard InChI is InChI=1S/C11H12N2O2/c1-7-4-5-13-10(8(7)2)9(6-12-13)11(14)15-3/h4-6H,1-3H3. The summed E-state index contributed by atoms with van der Waals surface area (Å²) in [6, 6.07) is 1.97. The molecule has 78 valence electrons. The minimum atomic E-state index is -0.348. The van der Waals surface area contributed by atoms with Crippen molar-refractivity contribution in [2.45, 2.75) is 13.8 Å². The molecule has 0 saturated heterocycles. The van der Waals surface area contributed by atoms with Gasteiger partial charge in [0.15, 0.2) is 0 Å². The number of ether oxygens (including phenoxy) is 1. The molecule has 0 spiro atoms. The molecule has 0 aliphatic heterocycles. The quantitative estimate of drug-likeness (QED) is 0.664. The van der Waals surface area contributed by atoms with Gasteiger partial charge in [0.25, 0.3) is 0 Å². The molecule has 0 unspecified atom stereocenters. The van der Waals surface area contributed by atoms with E-state index in [-0.39, 0.29) is 5.97 Å². The molecule has 4 heteroatoms. The molecular weight excluding hydrogens is 192 g/mol. The Labute approximate surface area is 87.5 Å². The minimum absolute atomic E-state index is 0.348. The molecule has 0 aromatic carbocycles. The van der Waals surface area contributed by atoms with E-state index < -0.39 is 0 Å². The highest BCUT2D eigenvalue weighted by molar-refractivity contribution is 5.97. The smallest absolute Gasteiger partial charge is 0.341 e. The first-order valence-electron chi connectivity index (χ1n) is 4.67. The van der Waals surface area contributed by atoms with Gasteiger partial charge in [0.05, 0.1) is 18.8 Å². The second kappa shape index (κ2) is 3.38. The van der Waals surface area contributed by atoms with Gasteiger partial charge >= 0.3 is 5.97 Å². The number of rotatable bonds is 1. The SMILES string of the molecule is COC(=O)c1cnn2ccc(C)c(C)c12. The summed E-state index contributed by atoms with van der Waals surface area (Å²) in [5.74, 6) is -0.348. The number of methoxy groups -OCH3 is 1. The Balaban J connectivity index is 2.77. The normalized spacial score (nSPS) is 10.6. The molecule has 0 radical (unpaired) electrons. The van der Waals surface area contributed by atoms with Gasteiger partial charge in [-0.2, -0.15) is 5.10 Å². The number of nitrogens with zero attached hydrogens (tertiary/aromatic N) is 2. The molecule has 15 heavy (non-hydrogen) atoms. The summed E-state index contributed by atoms with van der Waals surface area (Å²) in [5, 5.41) is 4.11. The van der Waals surface area contributed by atoms with Crippen LogP contribution in [0.3, 0.4) is 0 Å². The maximum atomic E-state index is 11.5. The van der Waals surface area contributed by atoms with Crippen molar-refractivity contribution < 1.29 is 9.53 Å². The molecule has 0 aliphatic rings. The Morgan fingerprint density at radius 3 is 2.87 bits per heavy atom. The number of carbonyl (C=O) groups is 1. The molecular formula is C11H12N2O2. The van der Waals surface area contributed by atoms with E-state index in [0.29, 0.717) is 5.56 Å². The zero-order valence-corrected chi connectivity index (χ0v) is 8.94. The van der Waals surface area contributed by atoms with Gasteiger partial charge in [-0.15, -0.1) is 0 Å². The Kier molecular flexibility index (Phi) is 2.19. The van der Waals surface area contributed by atoms with Crippen LogP contribution in [0.15, 0.2) is 18.5 Å². The van der Waals surface area contributed by atoms with Crippen LogP contribution in [0.5, 0.6) is 0 Å². The Morgan fingerprint density at radius 1 is 1.47 bits per heavy atom. The molecule has 0 atom stereocenters. The molecule has 2 aromatic rings. The number of aryl methyl sites for hydroxylation is 2. The predicted octanol–water partition coefficient (Wildman–Crippen LogP) is 1.74. The fourth-order valence-corrected chi connectivity index (χ4v) is 1.60. The van der Waals surface area contributed by atoms with Crippen molar-refractivity contribution in [3.8, 4) is 0 Å². The number of aromatic nitrogens is 2. The second-order valence-electron chi connectivity index (χ2n) is 3.47. The third kappa shape index (κ3) is 1.38. The highest BCUT2D eigenvalue weighted by Gasteiger charge is 2.15. The van der Waals surface area contributed by atoms with Crippen molar-refractivity contribution in [3.05, 3.63) is 35.2 Å². The Morgan fingerprint density at radius 2 is 2.20 bits per heavy atom. The van der Waals surface area contributed by atoms with Crippen molar-refractivity contribution in [2.75, 3.05) is 7.11 Å². The van der Waals surface area contributed by atoms with Crippen LogP contribution in [0.4, 0.5) is 0 Å². The fourth-order valence-electron chi connectivity index (χ4n) is 1.60. The number of hydrogen-bond donors (Lipinski definition) is 0. The van der Waals surface area contributed by atoms with Gasteiger partial charge in [-0.3, -0.25) is 0 Å². The van der Waals surface area contributed by atoms with Crippen molar-refractivity contribution in [1.82, 2.24) is 9.61 Å². The highest BCUT2D eigenvalue weighted by Crippen LogP contribution is 2.18. The lowest BCUT2D eigenvalue weighted by molar-refractivity contribution is 0.0603. The van der Waals surface area contributed by atoms with E-state index in [4.69, 9.17) is 4.74 Å². The summed E-state index contributed by atoms with van der Waals surface area (Å²) in [6.07, 6.45) is 3.37. The third-order valence-corrected chi connectivity index (χ3v) is 2.61. The van der Waals surface area contributed by atoms with Gasteiger partial charge in [0.1, 0.15) is 5.56 Å². The van der Waals surface area contributed by atoms with Gasteiger partial charge in [-0.25, -0.2) is 9.31 Å². The molecule has 0 N–H and O–H groups in total. The molecule has 0 saturated carbocycles. The number of fused-ring (bicyclic) bond motifs is 1. The summed E-state index contributed by atoms with van der Waals surface area (Å²) < 4.78 is 6.39. The van der Waals surface area contributed by atoms with Crippen LogP contribution >= 0.6 is 0 Å². The lowest BCUT2D eigenvalue weighted by Gasteiger charge is -2.03. The highest BCUT2D eigenvalue weighted by atomic mass is 16.5. The van der Waals surface area contributed by atoms with E-state index in [9.17, 15) is 4.79 Å². The van der Waals surface area contributed by atoms with E-state index in [1.54, 1.807) is 4.52 Å². The van der Waals surface area contributed by atoms with Gasteiger partial charge in [0.2, 0.25) is 0 Å². The van der Waals surface area contributed by atoms with Gasteiger partial charge in [-0.1, -0.05) is 0 Å². The monoisotopic (exact) mass is 204 g/mol. The first-order valence-corrected chi connectivity index (χ1v) is 4.67. The topological polar surface area (TPSA) is 43.6 Å². The van der Waals surface area contributed by atoms with Crippen LogP contribution in [0.25, 0.3) is 5.52 Å². The van der Waals surface area contributed by atoms with Crippen molar-refractivity contribution >= 4 is 11.5 Å². The van der Waals surface area contributed by atoms with Gasteiger partial charge in [-0.05, 0) is 31.0 Å². The Hall–Kier alpha value is -1.84. The number of esters is 1. The predicted molar refractivity (Wildman–Crippen MR) is 56.0 cm³/mol. The molecule has 2 heterocycles. The van der Waals surface area contributed by atoms with Crippen LogP contribution in [-0.4, -0.2) is 22.7 Å². The van der Waals surface area contributed by atoms with E-state index in [0.717, 1.165) is 16.6 Å². The zero-order chi connectivity index (χ0) is 11.0. The fraction of sp³-hybridized carbons (Fsp3) is 0.273. The molecule has 2 rings (SSSR count). The number of hydrogen-bond acceptors (Lipinski definition) is 3. The molecule has 0 amide bonds. The second-order valence-corrected chi connectivity index (χ2v) is 3.47. The van der Waals surface area contributed by atoms with Crippen molar-refractivity contribution in [2.24, 2.45) is 0 Å². The maximum Gasteiger partial charge on any atom is 0.341 e. The van der Waals surface area contributed by atoms with E-state index >= 15 is 0 Å². The molecule has 0 fully saturated rings. The van der Waals surface area contributed by atoms with Crippen molar-refractivity contribution in [3.63, 3.8) is 0 Å². The van der Waals surface area contributed by atoms with E-state index in [2.05, 4.69) is 5.10 Å². The molecule has 2 aromatic heterocycles. The van der Waals surface area contributed by atoms with Crippen LogP contribution in [0.2, 0.25) is 0 Å². The lowest BCUT2D eigenvalue weighted by atomic mass is 10.1. The van der Waals surface area contributed by atoms with E-state index in [1.807, 2.05) is 26.1 Å². The molecule has 0 aliphatic carbocycles. The van der Waals surface area contributed by atoms with Crippen LogP contribution < -0.4 is 0 Å². The number of carbonyl (C=O) groups excluding carboxylic acids is 1. The van der Waals surface area contributed by atoms with Crippen LogP contribution in [0.1, 0.15) is 21.5 Å². The summed E-state index contributed by atoms with van der Waals surface area (Å²) in [4.78, 5) is 11.5. The summed E-state index contributed by atoms with van der Waals surface area (Å²) in [5.41, 5.74) is 3.52. The summed E-state index contributed by atoms with van der Waals surface area (Å²) >= 11 is 0. The Bertz CT molecular complexity index is 529. The largest absolute Gasteiger partial charge is 0.465 e. The van der Waals surface area contributed by atoms with Crippen molar-refractivity contribution in [1.29, 1.82) is 0 Å². The average Bonchev–Trinajstić information content (AvgIpc) is 2.67. The lowest BCUT2D eigenvalue weighted by Crippen LogP contribution is -2.02. The summed E-state index contributed by atoms with van der Waals surface area (Å²) in [6.45, 7) is 3.97. The average molecular weight is 204 g/mol. The van der Waals surface area contributed by atoms with Crippen LogP contribution in [-0.2, 0) is 4.74 Å². The zero-order valence-electron chi connectivity index (χ0n) is 8.94. The first-order chi connectivity index (χ1) is 7.15. The first kappa shape index (κ1) is 9.71. The number of pyridine rings is 1. The molecule has 4 nitrogen and oxygen atoms in total. The molecule has 0 bridgehead atoms.